The Morgan fingerprint density at radius 1 is 1.12 bits per heavy atom. The minimum Gasteiger partial charge on any atom is -0.444 e. The van der Waals surface area contributed by atoms with Crippen LogP contribution in [0.1, 0.15) is 56.6 Å². The van der Waals surface area contributed by atoms with Crippen molar-refractivity contribution in [3.05, 3.63) is 35.4 Å². The summed E-state index contributed by atoms with van der Waals surface area (Å²) >= 11 is 0. The summed E-state index contributed by atoms with van der Waals surface area (Å²) in [5, 5.41) is 22.6. The zero-order chi connectivity index (χ0) is 18.5. The molecule has 3 N–H and O–H groups in total. The van der Waals surface area contributed by atoms with Crippen LogP contribution in [0.25, 0.3) is 0 Å². The fourth-order valence-electron chi connectivity index (χ4n) is 2.01. The Kier molecular flexibility index (Phi) is 6.93. The van der Waals surface area contributed by atoms with E-state index in [0.717, 1.165) is 0 Å². The van der Waals surface area contributed by atoms with Crippen LogP contribution in [0.5, 0.6) is 0 Å². The standard InChI is InChI=1S/C18H27NO5/c1-11(2)15(21)12-6-8-13(9-7-12)16(22)14(20)10-19-17(23)24-18(3,4)5/h6-9,11,14,16,20,22H,10H2,1-5H3,(H,19,23). The van der Waals surface area contributed by atoms with Crippen LogP contribution in [-0.4, -0.2) is 40.3 Å². The van der Waals surface area contributed by atoms with Gasteiger partial charge in [-0.05, 0) is 26.3 Å². The van der Waals surface area contributed by atoms with Gasteiger partial charge in [0, 0.05) is 18.0 Å². The maximum Gasteiger partial charge on any atom is 0.407 e. The highest BCUT2D eigenvalue weighted by Gasteiger charge is 2.22. The van der Waals surface area contributed by atoms with Gasteiger partial charge in [0.1, 0.15) is 17.8 Å². The molecule has 0 aliphatic heterocycles. The molecule has 0 fully saturated rings. The van der Waals surface area contributed by atoms with E-state index in [1.165, 1.54) is 0 Å². The highest BCUT2D eigenvalue weighted by molar-refractivity contribution is 5.97. The van der Waals surface area contributed by atoms with Crippen LogP contribution >= 0.6 is 0 Å². The molecule has 6 nitrogen and oxygen atoms in total. The first-order valence-electron chi connectivity index (χ1n) is 7.98. The largest absolute Gasteiger partial charge is 0.444 e. The van der Waals surface area contributed by atoms with Crippen LogP contribution in [0.3, 0.4) is 0 Å². The molecule has 0 bridgehead atoms. The lowest BCUT2D eigenvalue weighted by Crippen LogP contribution is -2.38. The summed E-state index contributed by atoms with van der Waals surface area (Å²) in [6.07, 6.45) is -3.03. The molecule has 2 atom stereocenters. The van der Waals surface area contributed by atoms with Gasteiger partial charge in [0.15, 0.2) is 5.78 Å². The Morgan fingerprint density at radius 3 is 2.12 bits per heavy atom. The van der Waals surface area contributed by atoms with Crippen LogP contribution in [0.4, 0.5) is 4.79 Å². The van der Waals surface area contributed by atoms with Crippen molar-refractivity contribution >= 4 is 11.9 Å². The van der Waals surface area contributed by atoms with E-state index in [1.807, 2.05) is 13.8 Å². The van der Waals surface area contributed by atoms with E-state index in [2.05, 4.69) is 5.32 Å². The number of Topliss-reactive ketones (excluding diaryl/α,β-unsaturated/α-hetero) is 1. The molecular weight excluding hydrogens is 310 g/mol. The molecular formula is C18H27NO5. The molecule has 6 heteroatoms. The summed E-state index contributed by atoms with van der Waals surface area (Å²) in [6, 6.07) is 6.43. The van der Waals surface area contributed by atoms with Gasteiger partial charge in [-0.2, -0.15) is 0 Å². The van der Waals surface area contributed by atoms with Crippen LogP contribution in [0.2, 0.25) is 0 Å². The lowest BCUT2D eigenvalue weighted by Gasteiger charge is -2.22. The van der Waals surface area contributed by atoms with Crippen molar-refractivity contribution in [1.82, 2.24) is 5.32 Å². The average molecular weight is 337 g/mol. The minimum atomic E-state index is -1.19. The SMILES string of the molecule is CC(C)C(=O)c1ccc(C(O)C(O)CNC(=O)OC(C)(C)C)cc1. The van der Waals surface area contributed by atoms with Gasteiger partial charge in [0.2, 0.25) is 0 Å². The van der Waals surface area contributed by atoms with E-state index in [-0.39, 0.29) is 18.2 Å². The topological polar surface area (TPSA) is 95.9 Å². The summed E-state index contributed by atoms with van der Waals surface area (Å²) in [5.41, 5.74) is 0.392. The first-order chi connectivity index (χ1) is 11.0. The van der Waals surface area contributed by atoms with Gasteiger partial charge in [0.25, 0.3) is 0 Å². The molecule has 0 spiro atoms. The third-order valence-corrected chi connectivity index (χ3v) is 3.28. The molecule has 2 unspecified atom stereocenters. The Bertz CT molecular complexity index is 560. The minimum absolute atomic E-state index is 0.0168. The van der Waals surface area contributed by atoms with Crippen molar-refractivity contribution < 1.29 is 24.5 Å². The Morgan fingerprint density at radius 2 is 1.67 bits per heavy atom. The fourth-order valence-corrected chi connectivity index (χ4v) is 2.01. The highest BCUT2D eigenvalue weighted by Crippen LogP contribution is 2.19. The first-order valence-corrected chi connectivity index (χ1v) is 7.98. The predicted octanol–water partition coefficient (Wildman–Crippen LogP) is 2.44. The summed E-state index contributed by atoms with van der Waals surface area (Å²) in [4.78, 5) is 23.4. The predicted molar refractivity (Wildman–Crippen MR) is 90.8 cm³/mol. The van der Waals surface area contributed by atoms with Crippen molar-refractivity contribution in [2.24, 2.45) is 5.92 Å². The van der Waals surface area contributed by atoms with Crippen molar-refractivity contribution in [2.75, 3.05) is 6.54 Å². The van der Waals surface area contributed by atoms with E-state index in [1.54, 1.807) is 45.0 Å². The molecule has 1 rings (SSSR count). The molecule has 0 aliphatic rings. The van der Waals surface area contributed by atoms with E-state index in [0.29, 0.717) is 11.1 Å². The van der Waals surface area contributed by atoms with E-state index in [4.69, 9.17) is 4.74 Å². The monoisotopic (exact) mass is 337 g/mol. The van der Waals surface area contributed by atoms with Gasteiger partial charge in [-0.1, -0.05) is 38.1 Å². The first kappa shape index (κ1) is 20.1. The van der Waals surface area contributed by atoms with Crippen molar-refractivity contribution in [3.8, 4) is 0 Å². The van der Waals surface area contributed by atoms with Crippen LogP contribution in [0.15, 0.2) is 24.3 Å². The van der Waals surface area contributed by atoms with Gasteiger partial charge in [-0.15, -0.1) is 0 Å². The van der Waals surface area contributed by atoms with Crippen molar-refractivity contribution in [1.29, 1.82) is 0 Å². The summed E-state index contributed by atoms with van der Waals surface area (Å²) in [5.74, 6) is -0.0902. The smallest absolute Gasteiger partial charge is 0.407 e. The second-order valence-corrected chi connectivity index (χ2v) is 7.04. The number of carbonyl (C=O) groups excluding carboxylic acids is 2. The van der Waals surface area contributed by atoms with Crippen LogP contribution < -0.4 is 5.32 Å². The number of aliphatic hydroxyl groups excluding tert-OH is 2. The number of amides is 1. The maximum atomic E-state index is 11.9. The van der Waals surface area contributed by atoms with Gasteiger partial charge >= 0.3 is 6.09 Å². The van der Waals surface area contributed by atoms with Crippen LogP contribution in [-0.2, 0) is 4.74 Å². The van der Waals surface area contributed by atoms with Gasteiger partial charge in [0.05, 0.1) is 0 Å². The lowest BCUT2D eigenvalue weighted by molar-refractivity contribution is 0.0129. The van der Waals surface area contributed by atoms with E-state index < -0.39 is 23.9 Å². The average Bonchev–Trinajstić information content (AvgIpc) is 2.49. The van der Waals surface area contributed by atoms with Crippen molar-refractivity contribution in [2.45, 2.75) is 52.4 Å². The molecule has 0 heterocycles. The van der Waals surface area contributed by atoms with Crippen molar-refractivity contribution in [3.63, 3.8) is 0 Å². The van der Waals surface area contributed by atoms with E-state index >= 15 is 0 Å². The zero-order valence-corrected chi connectivity index (χ0v) is 14.9. The number of hydrogen-bond donors (Lipinski definition) is 3. The number of ketones is 1. The number of carbonyl (C=O) groups is 2. The molecule has 0 radical (unpaired) electrons. The fraction of sp³-hybridized carbons (Fsp3) is 0.556. The number of alkyl carbamates (subject to hydrolysis) is 1. The summed E-state index contributed by atoms with van der Waals surface area (Å²) in [6.45, 7) is 8.69. The number of aliphatic hydroxyl groups is 2. The van der Waals surface area contributed by atoms with Gasteiger partial charge < -0.3 is 20.3 Å². The second-order valence-electron chi connectivity index (χ2n) is 7.04. The molecule has 0 saturated heterocycles. The Labute approximate surface area is 142 Å². The third kappa shape index (κ3) is 6.29. The van der Waals surface area contributed by atoms with Gasteiger partial charge in [-0.3, -0.25) is 4.79 Å². The number of rotatable bonds is 6. The number of hydrogen-bond acceptors (Lipinski definition) is 5. The highest BCUT2D eigenvalue weighted by atomic mass is 16.6. The Hall–Kier alpha value is -1.92. The molecule has 1 amide bonds. The summed E-state index contributed by atoms with van der Waals surface area (Å²) < 4.78 is 5.06. The molecule has 0 saturated carbocycles. The van der Waals surface area contributed by atoms with Crippen LogP contribution in [0, 0.1) is 5.92 Å². The molecule has 24 heavy (non-hydrogen) atoms. The maximum absolute atomic E-state index is 11.9. The van der Waals surface area contributed by atoms with Gasteiger partial charge in [-0.25, -0.2) is 4.79 Å². The quantitative estimate of drug-likeness (QED) is 0.693. The molecule has 0 aliphatic carbocycles. The number of ether oxygens (including phenoxy) is 1. The number of benzene rings is 1. The lowest BCUT2D eigenvalue weighted by atomic mass is 9.97. The zero-order valence-electron chi connectivity index (χ0n) is 14.9. The second kappa shape index (κ2) is 8.26. The third-order valence-electron chi connectivity index (χ3n) is 3.28. The molecule has 0 aromatic heterocycles. The molecule has 1 aromatic rings. The summed E-state index contributed by atoms with van der Waals surface area (Å²) in [7, 11) is 0. The molecule has 1 aromatic carbocycles. The number of nitrogens with one attached hydrogen (secondary N) is 1. The molecule has 134 valence electrons. The normalized spacial score (nSPS) is 14.2. The van der Waals surface area contributed by atoms with E-state index in [9.17, 15) is 19.8 Å². The Balaban J connectivity index is 2.61.